The molecule has 94 valence electrons. The van der Waals surface area contributed by atoms with Crippen LogP contribution in [0, 0.1) is 0 Å². The van der Waals surface area contributed by atoms with E-state index in [0.29, 0.717) is 5.52 Å². The molecule has 1 heterocycles. The number of aromatic nitrogens is 1. The third kappa shape index (κ3) is 2.09. The van der Waals surface area contributed by atoms with E-state index in [1.54, 1.807) is 25.1 Å². The zero-order chi connectivity index (χ0) is 13.3. The molecule has 0 unspecified atom stereocenters. The Bertz CT molecular complexity index is 679. The molecule has 2 rings (SSSR count). The maximum atomic E-state index is 12.0. The maximum Gasteiger partial charge on any atom is 0.356 e. The van der Waals surface area contributed by atoms with Crippen molar-refractivity contribution in [1.82, 2.24) is 4.98 Å². The van der Waals surface area contributed by atoms with Crippen LogP contribution in [0.3, 0.4) is 0 Å². The topological polar surface area (TPSA) is 59.2 Å². The van der Waals surface area contributed by atoms with E-state index >= 15 is 0 Å². The van der Waals surface area contributed by atoms with Gasteiger partial charge in [0, 0.05) is 0 Å². The number of esters is 1. The Morgan fingerprint density at radius 2 is 2.11 bits per heavy atom. The molecule has 1 N–H and O–H groups in total. The Morgan fingerprint density at radius 1 is 1.39 bits per heavy atom. The molecule has 1 aromatic heterocycles. The number of fused-ring (bicyclic) bond motifs is 1. The van der Waals surface area contributed by atoms with E-state index in [4.69, 9.17) is 27.9 Å². The summed E-state index contributed by atoms with van der Waals surface area (Å²) in [5.74, 6) is -0.665. The number of benzene rings is 1. The number of pyridine rings is 1. The van der Waals surface area contributed by atoms with Gasteiger partial charge in [-0.1, -0.05) is 29.3 Å². The lowest BCUT2D eigenvalue weighted by atomic mass is 10.2. The maximum absolute atomic E-state index is 12.0. The Labute approximate surface area is 112 Å². The Kier molecular flexibility index (Phi) is 3.59. The van der Waals surface area contributed by atoms with Gasteiger partial charge in [-0.25, -0.2) is 4.79 Å². The minimum Gasteiger partial charge on any atom is -0.461 e. The number of carbonyl (C=O) groups excluding carboxylic acids is 1. The van der Waals surface area contributed by atoms with Gasteiger partial charge in [-0.2, -0.15) is 0 Å². The lowest BCUT2D eigenvalue weighted by Crippen LogP contribution is -2.15. The molecule has 4 nitrogen and oxygen atoms in total. The minimum atomic E-state index is -0.665. The van der Waals surface area contributed by atoms with E-state index in [2.05, 4.69) is 4.98 Å². The number of H-pyrrole nitrogens is 1. The molecule has 0 aliphatic rings. The number of halogens is 2. The first-order valence-corrected chi connectivity index (χ1v) is 5.99. The number of aromatic amines is 1. The van der Waals surface area contributed by atoms with Crippen molar-refractivity contribution >= 4 is 40.1 Å². The lowest BCUT2D eigenvalue weighted by Gasteiger charge is -2.07. The van der Waals surface area contributed by atoms with Gasteiger partial charge in [0.1, 0.15) is 10.7 Å². The highest BCUT2D eigenvalue weighted by Gasteiger charge is 2.18. The molecule has 0 radical (unpaired) electrons. The average Bonchev–Trinajstić information content (AvgIpc) is 2.33. The number of nitrogens with one attached hydrogen (secondary N) is 1. The van der Waals surface area contributed by atoms with Crippen molar-refractivity contribution in [3.63, 3.8) is 0 Å². The van der Waals surface area contributed by atoms with Crippen LogP contribution >= 0.6 is 23.2 Å². The molecule has 0 saturated carbocycles. The molecule has 6 heteroatoms. The van der Waals surface area contributed by atoms with Crippen molar-refractivity contribution < 1.29 is 9.53 Å². The van der Waals surface area contributed by atoms with Gasteiger partial charge in [-0.15, -0.1) is 0 Å². The van der Waals surface area contributed by atoms with Gasteiger partial charge in [-0.3, -0.25) is 4.79 Å². The van der Waals surface area contributed by atoms with E-state index < -0.39 is 11.4 Å². The third-order valence-electron chi connectivity index (χ3n) is 2.40. The summed E-state index contributed by atoms with van der Waals surface area (Å²) in [6.45, 7) is 1.87. The first kappa shape index (κ1) is 12.9. The first-order valence-electron chi connectivity index (χ1n) is 5.23. The van der Waals surface area contributed by atoms with Crippen LogP contribution in [-0.2, 0) is 4.74 Å². The average molecular weight is 286 g/mol. The number of ether oxygens (including phenoxy) is 1. The standard InChI is InChI=1S/C12H9Cl2NO3/c1-2-18-12(17)10-9(14)11(16)8-6(13)4-3-5-7(8)15-10/h3-5H,2H2,1H3,(H,15,16). The van der Waals surface area contributed by atoms with Gasteiger partial charge in [0.2, 0.25) is 5.43 Å². The molecule has 0 aliphatic heterocycles. The summed E-state index contributed by atoms with van der Waals surface area (Å²) in [4.78, 5) is 26.4. The van der Waals surface area contributed by atoms with Crippen LogP contribution in [0.4, 0.5) is 0 Å². The smallest absolute Gasteiger partial charge is 0.356 e. The van der Waals surface area contributed by atoms with Gasteiger partial charge in [0.15, 0.2) is 0 Å². The van der Waals surface area contributed by atoms with E-state index in [1.165, 1.54) is 0 Å². The van der Waals surface area contributed by atoms with Gasteiger partial charge in [-0.05, 0) is 19.1 Å². The second-order valence-corrected chi connectivity index (χ2v) is 4.31. The summed E-state index contributed by atoms with van der Waals surface area (Å²) in [5.41, 5.74) is -0.0997. The molecule has 18 heavy (non-hydrogen) atoms. The summed E-state index contributed by atoms with van der Waals surface area (Å²) in [5, 5.41) is 0.331. The molecule has 1 aromatic carbocycles. The SMILES string of the molecule is CCOC(=O)c1[nH]c2cccc(Cl)c2c(=O)c1Cl. The molecule has 0 fully saturated rings. The molecule has 0 bridgehead atoms. The van der Waals surface area contributed by atoms with Crippen molar-refractivity contribution in [2.75, 3.05) is 6.61 Å². The van der Waals surface area contributed by atoms with Crippen molar-refractivity contribution in [1.29, 1.82) is 0 Å². The molecule has 0 amide bonds. The van der Waals surface area contributed by atoms with Crippen LogP contribution in [0.15, 0.2) is 23.0 Å². The van der Waals surface area contributed by atoms with E-state index in [9.17, 15) is 9.59 Å². The molecular weight excluding hydrogens is 277 g/mol. The number of hydrogen-bond donors (Lipinski definition) is 1. The zero-order valence-electron chi connectivity index (χ0n) is 9.42. The second-order valence-electron chi connectivity index (χ2n) is 3.53. The van der Waals surface area contributed by atoms with Crippen LogP contribution in [-0.4, -0.2) is 17.6 Å². The lowest BCUT2D eigenvalue weighted by molar-refractivity contribution is 0.0520. The van der Waals surface area contributed by atoms with Crippen LogP contribution in [0.1, 0.15) is 17.4 Å². The summed E-state index contributed by atoms with van der Waals surface area (Å²) in [7, 11) is 0. The third-order valence-corrected chi connectivity index (χ3v) is 3.07. The number of rotatable bonds is 2. The molecule has 0 spiro atoms. The highest BCUT2D eigenvalue weighted by molar-refractivity contribution is 6.37. The van der Waals surface area contributed by atoms with Crippen molar-refractivity contribution in [2.24, 2.45) is 0 Å². The zero-order valence-corrected chi connectivity index (χ0v) is 10.9. The molecule has 0 saturated heterocycles. The molecule has 2 aromatic rings. The van der Waals surface area contributed by atoms with Crippen LogP contribution < -0.4 is 5.43 Å². The molecule has 0 aliphatic carbocycles. The minimum absolute atomic E-state index is 0.0571. The van der Waals surface area contributed by atoms with Crippen molar-refractivity contribution in [3.05, 3.63) is 44.2 Å². The highest BCUT2D eigenvalue weighted by Crippen LogP contribution is 2.22. The van der Waals surface area contributed by atoms with Crippen molar-refractivity contribution in [3.8, 4) is 0 Å². The van der Waals surface area contributed by atoms with E-state index in [0.717, 1.165) is 0 Å². The molecular formula is C12H9Cl2NO3. The summed E-state index contributed by atoms with van der Waals surface area (Å²) >= 11 is 11.8. The fourth-order valence-electron chi connectivity index (χ4n) is 1.62. The monoisotopic (exact) mass is 285 g/mol. The summed E-state index contributed by atoms with van der Waals surface area (Å²) < 4.78 is 4.82. The fraction of sp³-hybridized carbons (Fsp3) is 0.167. The summed E-state index contributed by atoms with van der Waals surface area (Å²) in [6.07, 6.45) is 0. The Hall–Kier alpha value is -1.52. The number of carbonyl (C=O) groups is 1. The normalized spacial score (nSPS) is 10.6. The quantitative estimate of drug-likeness (QED) is 0.863. The molecule has 0 atom stereocenters. The van der Waals surface area contributed by atoms with Gasteiger partial charge >= 0.3 is 5.97 Å². The number of hydrogen-bond acceptors (Lipinski definition) is 3. The largest absolute Gasteiger partial charge is 0.461 e. The van der Waals surface area contributed by atoms with Crippen LogP contribution in [0.25, 0.3) is 10.9 Å². The van der Waals surface area contributed by atoms with E-state index in [-0.39, 0.29) is 27.7 Å². The van der Waals surface area contributed by atoms with Gasteiger partial charge in [0.25, 0.3) is 0 Å². The Morgan fingerprint density at radius 3 is 2.78 bits per heavy atom. The predicted octanol–water partition coefficient (Wildman–Crippen LogP) is 3.01. The Balaban J connectivity index is 2.76. The van der Waals surface area contributed by atoms with Crippen LogP contribution in [0.5, 0.6) is 0 Å². The second kappa shape index (κ2) is 5.00. The fourth-order valence-corrected chi connectivity index (χ4v) is 2.10. The van der Waals surface area contributed by atoms with Gasteiger partial charge < -0.3 is 9.72 Å². The van der Waals surface area contributed by atoms with Crippen molar-refractivity contribution in [2.45, 2.75) is 6.92 Å². The van der Waals surface area contributed by atoms with Gasteiger partial charge in [0.05, 0.1) is 22.5 Å². The first-order chi connectivity index (χ1) is 8.56. The predicted molar refractivity (Wildman–Crippen MR) is 70.5 cm³/mol. The highest BCUT2D eigenvalue weighted by atomic mass is 35.5. The van der Waals surface area contributed by atoms with E-state index in [1.807, 2.05) is 0 Å². The summed E-state index contributed by atoms with van der Waals surface area (Å²) in [6, 6.07) is 4.89. The van der Waals surface area contributed by atoms with Crippen LogP contribution in [0.2, 0.25) is 10.0 Å².